The number of nitrogens with zero attached hydrogens (tertiary/aromatic N) is 1. The largest absolute Gasteiger partial charge is 0.497 e. The smallest absolute Gasteiger partial charge is 0.229 e. The Morgan fingerprint density at radius 2 is 1.69 bits per heavy atom. The molecule has 0 radical (unpaired) electrons. The summed E-state index contributed by atoms with van der Waals surface area (Å²) in [5, 5.41) is 2.19. The Balaban J connectivity index is 1.68. The number of fused-ring (bicyclic) bond motifs is 1. The van der Waals surface area contributed by atoms with Crippen molar-refractivity contribution in [2.75, 3.05) is 20.8 Å². The highest BCUT2D eigenvalue weighted by Gasteiger charge is 2.20. The van der Waals surface area contributed by atoms with Crippen LogP contribution in [0.25, 0.3) is 10.8 Å². The zero-order valence-corrected chi connectivity index (χ0v) is 17.2. The van der Waals surface area contributed by atoms with E-state index < -0.39 is 0 Å². The van der Waals surface area contributed by atoms with E-state index in [1.807, 2.05) is 68.6 Å². The number of carbonyl (C=O) groups excluding carboxylic acids is 1. The molecule has 0 bridgehead atoms. The first-order valence-electron chi connectivity index (χ1n) is 9.67. The molecule has 0 heterocycles. The Morgan fingerprint density at radius 1 is 1.03 bits per heavy atom. The summed E-state index contributed by atoms with van der Waals surface area (Å²) in [7, 11) is 3.50. The fourth-order valence-corrected chi connectivity index (χ4v) is 3.31. The standard InChI is InChI=1S/C25H27NO3/c1-5-14-29-23-11-6-19(7-12-23)17-26(3)25(27)18(2)20-8-9-22-16-24(28-4)13-10-21(22)15-20/h5-13,15-16,18H,1,14,17H2,2-4H3/t18-/m0/s1. The summed E-state index contributed by atoms with van der Waals surface area (Å²) in [5.41, 5.74) is 2.07. The van der Waals surface area contributed by atoms with Crippen molar-refractivity contribution in [3.05, 3.63) is 84.4 Å². The molecule has 150 valence electrons. The minimum absolute atomic E-state index is 0.0878. The van der Waals surface area contributed by atoms with Crippen LogP contribution in [0.4, 0.5) is 0 Å². The molecule has 0 unspecified atom stereocenters. The van der Waals surface area contributed by atoms with Crippen LogP contribution < -0.4 is 9.47 Å². The number of amides is 1. The zero-order chi connectivity index (χ0) is 20.8. The van der Waals surface area contributed by atoms with Crippen molar-refractivity contribution in [3.63, 3.8) is 0 Å². The summed E-state index contributed by atoms with van der Waals surface area (Å²) in [6, 6.07) is 19.9. The molecule has 3 aromatic rings. The molecule has 0 saturated carbocycles. The van der Waals surface area contributed by atoms with Crippen molar-refractivity contribution in [2.45, 2.75) is 19.4 Å². The Bertz CT molecular complexity index is 995. The van der Waals surface area contributed by atoms with E-state index in [0.29, 0.717) is 13.2 Å². The molecule has 3 aromatic carbocycles. The Labute approximate surface area is 172 Å². The maximum absolute atomic E-state index is 13.0. The van der Waals surface area contributed by atoms with Crippen LogP contribution >= 0.6 is 0 Å². The van der Waals surface area contributed by atoms with Gasteiger partial charge in [0.15, 0.2) is 0 Å². The number of hydrogen-bond donors (Lipinski definition) is 0. The maximum atomic E-state index is 13.0. The lowest BCUT2D eigenvalue weighted by Gasteiger charge is -2.22. The number of ether oxygens (including phenoxy) is 2. The molecule has 4 heteroatoms. The summed E-state index contributed by atoms with van der Waals surface area (Å²) in [6.45, 7) is 6.63. The number of likely N-dealkylation sites (N-methyl/N-ethyl adjacent to an activating group) is 1. The van der Waals surface area contributed by atoms with Gasteiger partial charge in [0.1, 0.15) is 18.1 Å². The third kappa shape index (κ3) is 4.96. The Hall–Kier alpha value is -3.27. The SMILES string of the molecule is C=CCOc1ccc(CN(C)C(=O)[C@@H](C)c2ccc3cc(OC)ccc3c2)cc1. The summed E-state index contributed by atoms with van der Waals surface area (Å²) in [6.07, 6.45) is 1.71. The van der Waals surface area contributed by atoms with Crippen molar-refractivity contribution in [1.82, 2.24) is 4.90 Å². The second kappa shape index (κ2) is 9.28. The van der Waals surface area contributed by atoms with Crippen molar-refractivity contribution < 1.29 is 14.3 Å². The normalized spacial score (nSPS) is 11.7. The van der Waals surface area contributed by atoms with E-state index >= 15 is 0 Å². The predicted molar refractivity (Wildman–Crippen MR) is 118 cm³/mol. The van der Waals surface area contributed by atoms with Crippen LogP contribution in [0.15, 0.2) is 73.3 Å². The first-order chi connectivity index (χ1) is 14.0. The topological polar surface area (TPSA) is 38.8 Å². The van der Waals surface area contributed by atoms with Crippen LogP contribution in [-0.4, -0.2) is 31.6 Å². The fraction of sp³-hybridized carbons (Fsp3) is 0.240. The number of carbonyl (C=O) groups is 1. The molecule has 29 heavy (non-hydrogen) atoms. The van der Waals surface area contributed by atoms with Gasteiger partial charge in [-0.3, -0.25) is 4.79 Å². The lowest BCUT2D eigenvalue weighted by Crippen LogP contribution is -2.30. The minimum Gasteiger partial charge on any atom is -0.497 e. The van der Waals surface area contributed by atoms with Gasteiger partial charge in [-0.2, -0.15) is 0 Å². The maximum Gasteiger partial charge on any atom is 0.229 e. The molecule has 0 spiro atoms. The highest BCUT2D eigenvalue weighted by molar-refractivity contribution is 5.88. The van der Waals surface area contributed by atoms with Gasteiger partial charge in [-0.1, -0.05) is 49.1 Å². The Morgan fingerprint density at radius 3 is 2.38 bits per heavy atom. The molecule has 0 aliphatic rings. The lowest BCUT2D eigenvalue weighted by molar-refractivity contribution is -0.131. The van der Waals surface area contributed by atoms with E-state index in [2.05, 4.69) is 12.6 Å². The van der Waals surface area contributed by atoms with Gasteiger partial charge in [0.2, 0.25) is 5.91 Å². The number of hydrogen-bond acceptors (Lipinski definition) is 3. The van der Waals surface area contributed by atoms with Gasteiger partial charge in [0, 0.05) is 13.6 Å². The van der Waals surface area contributed by atoms with Gasteiger partial charge in [0.25, 0.3) is 0 Å². The Kier molecular flexibility index (Phi) is 6.55. The number of benzene rings is 3. The van der Waals surface area contributed by atoms with Crippen LogP contribution in [0.5, 0.6) is 11.5 Å². The second-order valence-corrected chi connectivity index (χ2v) is 7.13. The summed E-state index contributed by atoms with van der Waals surface area (Å²) in [5.74, 6) is 1.49. The van der Waals surface area contributed by atoms with Crippen LogP contribution in [0.3, 0.4) is 0 Å². The average molecular weight is 389 g/mol. The quantitative estimate of drug-likeness (QED) is 0.499. The van der Waals surface area contributed by atoms with E-state index in [1.54, 1.807) is 18.1 Å². The highest BCUT2D eigenvalue weighted by atomic mass is 16.5. The second-order valence-electron chi connectivity index (χ2n) is 7.13. The fourth-order valence-electron chi connectivity index (χ4n) is 3.31. The molecule has 0 N–H and O–H groups in total. The summed E-state index contributed by atoms with van der Waals surface area (Å²) in [4.78, 5) is 14.7. The van der Waals surface area contributed by atoms with Gasteiger partial charge >= 0.3 is 0 Å². The molecule has 0 aliphatic heterocycles. The van der Waals surface area contributed by atoms with E-state index in [0.717, 1.165) is 33.4 Å². The first kappa shape index (κ1) is 20.5. The molecule has 0 aromatic heterocycles. The molecule has 1 atom stereocenters. The number of rotatable bonds is 8. The molecule has 3 rings (SSSR count). The molecular formula is C25H27NO3. The average Bonchev–Trinajstić information content (AvgIpc) is 2.76. The van der Waals surface area contributed by atoms with Gasteiger partial charge in [-0.05, 0) is 53.1 Å². The monoisotopic (exact) mass is 389 g/mol. The third-order valence-electron chi connectivity index (χ3n) is 5.03. The summed E-state index contributed by atoms with van der Waals surface area (Å²) < 4.78 is 10.8. The van der Waals surface area contributed by atoms with Crippen molar-refractivity contribution >= 4 is 16.7 Å². The molecule has 0 aliphatic carbocycles. The predicted octanol–water partition coefficient (Wildman–Crippen LogP) is 5.18. The highest BCUT2D eigenvalue weighted by Crippen LogP contribution is 2.26. The minimum atomic E-state index is -0.221. The van der Waals surface area contributed by atoms with Crippen molar-refractivity contribution in [1.29, 1.82) is 0 Å². The van der Waals surface area contributed by atoms with Gasteiger partial charge in [-0.25, -0.2) is 0 Å². The van der Waals surface area contributed by atoms with E-state index in [1.165, 1.54) is 0 Å². The lowest BCUT2D eigenvalue weighted by atomic mass is 9.96. The van der Waals surface area contributed by atoms with Crippen LogP contribution in [0, 0.1) is 0 Å². The first-order valence-corrected chi connectivity index (χ1v) is 9.67. The van der Waals surface area contributed by atoms with Crippen molar-refractivity contribution in [3.8, 4) is 11.5 Å². The molecule has 1 amide bonds. The van der Waals surface area contributed by atoms with Crippen LogP contribution in [0.2, 0.25) is 0 Å². The molecule has 4 nitrogen and oxygen atoms in total. The van der Waals surface area contributed by atoms with Gasteiger partial charge in [-0.15, -0.1) is 0 Å². The van der Waals surface area contributed by atoms with Crippen LogP contribution in [-0.2, 0) is 11.3 Å². The molecule has 0 fully saturated rings. The summed E-state index contributed by atoms with van der Waals surface area (Å²) >= 11 is 0. The van der Waals surface area contributed by atoms with Gasteiger partial charge in [0.05, 0.1) is 13.0 Å². The molecular weight excluding hydrogens is 362 g/mol. The zero-order valence-electron chi connectivity index (χ0n) is 17.2. The van der Waals surface area contributed by atoms with E-state index in [-0.39, 0.29) is 11.8 Å². The van der Waals surface area contributed by atoms with E-state index in [4.69, 9.17) is 9.47 Å². The number of methoxy groups -OCH3 is 1. The van der Waals surface area contributed by atoms with Crippen LogP contribution in [0.1, 0.15) is 24.0 Å². The third-order valence-corrected chi connectivity index (χ3v) is 5.03. The van der Waals surface area contributed by atoms with Crippen molar-refractivity contribution in [2.24, 2.45) is 0 Å². The molecule has 0 saturated heterocycles. The van der Waals surface area contributed by atoms with E-state index in [9.17, 15) is 4.79 Å². The van der Waals surface area contributed by atoms with Gasteiger partial charge < -0.3 is 14.4 Å².